The molecule has 0 saturated carbocycles. The van der Waals surface area contributed by atoms with Crippen LogP contribution in [0.25, 0.3) is 0 Å². The summed E-state index contributed by atoms with van der Waals surface area (Å²) < 4.78 is 31.8. The Morgan fingerprint density at radius 3 is 2.33 bits per heavy atom. The molecule has 0 radical (unpaired) electrons. The Hall–Kier alpha value is -1.11. The summed E-state index contributed by atoms with van der Waals surface area (Å²) in [6.07, 6.45) is 1.03. The maximum atomic E-state index is 12.7. The van der Waals surface area contributed by atoms with Crippen LogP contribution >= 0.6 is 0 Å². The van der Waals surface area contributed by atoms with Crippen LogP contribution in [-0.4, -0.2) is 45.6 Å². The number of methoxy groups -OCH3 is 1. The maximum Gasteiger partial charge on any atom is 0.243 e. The van der Waals surface area contributed by atoms with Gasteiger partial charge in [0.1, 0.15) is 0 Å². The average Bonchev–Trinajstić information content (AvgIpc) is 2.45. The molecule has 5 nitrogen and oxygen atoms in total. The monoisotopic (exact) mass is 314 g/mol. The summed E-state index contributed by atoms with van der Waals surface area (Å²) in [5.74, 6) is 0. The summed E-state index contributed by atoms with van der Waals surface area (Å²) in [7, 11) is -1.92. The summed E-state index contributed by atoms with van der Waals surface area (Å²) in [6.45, 7) is 7.43. The molecule has 0 unspecified atom stereocenters. The van der Waals surface area contributed by atoms with Crippen LogP contribution in [0, 0.1) is 0 Å². The van der Waals surface area contributed by atoms with E-state index in [-0.39, 0.29) is 6.04 Å². The van der Waals surface area contributed by atoms with Crippen molar-refractivity contribution < 1.29 is 13.2 Å². The van der Waals surface area contributed by atoms with Crippen molar-refractivity contribution in [3.05, 3.63) is 24.3 Å². The molecule has 1 N–H and O–H groups in total. The highest BCUT2D eigenvalue weighted by Crippen LogP contribution is 2.20. The van der Waals surface area contributed by atoms with Gasteiger partial charge in [0, 0.05) is 31.9 Å². The van der Waals surface area contributed by atoms with Crippen LogP contribution in [0.5, 0.6) is 0 Å². The molecule has 0 spiro atoms. The average molecular weight is 314 g/mol. The lowest BCUT2D eigenvalue weighted by atomic mass is 10.3. The fourth-order valence-electron chi connectivity index (χ4n) is 1.99. The van der Waals surface area contributed by atoms with E-state index in [1.807, 2.05) is 13.8 Å². The number of rotatable bonds is 9. The Labute approximate surface area is 128 Å². The number of nitrogens with one attached hydrogen (secondary N) is 1. The van der Waals surface area contributed by atoms with E-state index < -0.39 is 10.0 Å². The van der Waals surface area contributed by atoms with E-state index in [4.69, 9.17) is 4.74 Å². The fraction of sp³-hybridized carbons (Fsp3) is 0.600. The van der Waals surface area contributed by atoms with Gasteiger partial charge in [-0.15, -0.1) is 0 Å². The number of hydrogen-bond donors (Lipinski definition) is 1. The SMILES string of the molecule is CCCNc1ccc(S(=O)(=O)N(CCOC)C(C)C)cc1. The van der Waals surface area contributed by atoms with Gasteiger partial charge in [-0.1, -0.05) is 6.92 Å². The van der Waals surface area contributed by atoms with Gasteiger partial charge in [-0.3, -0.25) is 0 Å². The van der Waals surface area contributed by atoms with E-state index in [1.54, 1.807) is 31.4 Å². The lowest BCUT2D eigenvalue weighted by molar-refractivity contribution is 0.171. The van der Waals surface area contributed by atoms with Crippen LogP contribution < -0.4 is 5.32 Å². The largest absolute Gasteiger partial charge is 0.385 e. The third-order valence-corrected chi connectivity index (χ3v) is 5.22. The number of sulfonamides is 1. The summed E-state index contributed by atoms with van der Waals surface area (Å²) in [5, 5.41) is 3.23. The van der Waals surface area contributed by atoms with Crippen molar-refractivity contribution in [2.75, 3.05) is 32.1 Å². The van der Waals surface area contributed by atoms with E-state index >= 15 is 0 Å². The molecule has 6 heteroatoms. The highest BCUT2D eigenvalue weighted by atomic mass is 32.2. The van der Waals surface area contributed by atoms with Crippen molar-refractivity contribution >= 4 is 15.7 Å². The summed E-state index contributed by atoms with van der Waals surface area (Å²) in [4.78, 5) is 0.314. The predicted octanol–water partition coefficient (Wildman–Crippen LogP) is 2.55. The Kier molecular flexibility index (Phi) is 7.14. The summed E-state index contributed by atoms with van der Waals surface area (Å²) in [6, 6.07) is 6.79. The second-order valence-electron chi connectivity index (χ2n) is 5.15. The first-order valence-electron chi connectivity index (χ1n) is 7.28. The molecule has 120 valence electrons. The highest BCUT2D eigenvalue weighted by Gasteiger charge is 2.26. The van der Waals surface area contributed by atoms with Gasteiger partial charge in [0.25, 0.3) is 0 Å². The molecule has 0 bridgehead atoms. The van der Waals surface area contributed by atoms with Crippen molar-refractivity contribution in [2.45, 2.75) is 38.1 Å². The van der Waals surface area contributed by atoms with Gasteiger partial charge < -0.3 is 10.1 Å². The van der Waals surface area contributed by atoms with Crippen LogP contribution in [0.15, 0.2) is 29.2 Å². The predicted molar refractivity (Wildman–Crippen MR) is 86.1 cm³/mol. The van der Waals surface area contributed by atoms with Crippen molar-refractivity contribution in [3.63, 3.8) is 0 Å². The van der Waals surface area contributed by atoms with Gasteiger partial charge in [-0.05, 0) is 44.5 Å². The van der Waals surface area contributed by atoms with Crippen LogP contribution in [0.1, 0.15) is 27.2 Å². The lowest BCUT2D eigenvalue weighted by Gasteiger charge is -2.25. The van der Waals surface area contributed by atoms with Crippen molar-refractivity contribution in [3.8, 4) is 0 Å². The second-order valence-corrected chi connectivity index (χ2v) is 7.04. The van der Waals surface area contributed by atoms with Crippen LogP contribution in [-0.2, 0) is 14.8 Å². The molecular formula is C15H26N2O3S. The maximum absolute atomic E-state index is 12.7. The normalized spacial score (nSPS) is 12.1. The minimum Gasteiger partial charge on any atom is -0.385 e. The number of anilines is 1. The molecule has 1 aromatic rings. The van der Waals surface area contributed by atoms with Crippen molar-refractivity contribution in [1.82, 2.24) is 4.31 Å². The fourth-order valence-corrected chi connectivity index (χ4v) is 3.61. The molecule has 0 aliphatic heterocycles. The standard InChI is InChI=1S/C15H26N2O3S/c1-5-10-16-14-6-8-15(9-7-14)21(18,19)17(13(2)3)11-12-20-4/h6-9,13,16H,5,10-12H2,1-4H3. The van der Waals surface area contributed by atoms with E-state index in [2.05, 4.69) is 12.2 Å². The number of benzene rings is 1. The Morgan fingerprint density at radius 1 is 1.24 bits per heavy atom. The van der Waals surface area contributed by atoms with Crippen molar-refractivity contribution in [2.24, 2.45) is 0 Å². The van der Waals surface area contributed by atoms with Gasteiger partial charge in [-0.25, -0.2) is 8.42 Å². The van der Waals surface area contributed by atoms with E-state index in [9.17, 15) is 8.42 Å². The van der Waals surface area contributed by atoms with Gasteiger partial charge in [0.05, 0.1) is 11.5 Å². The van der Waals surface area contributed by atoms with Gasteiger partial charge >= 0.3 is 0 Å². The van der Waals surface area contributed by atoms with Crippen LogP contribution in [0.2, 0.25) is 0 Å². The third-order valence-electron chi connectivity index (χ3n) is 3.13. The molecule has 0 aliphatic carbocycles. The molecule has 1 aromatic carbocycles. The minimum atomic E-state index is -3.48. The Morgan fingerprint density at radius 2 is 1.86 bits per heavy atom. The molecule has 21 heavy (non-hydrogen) atoms. The molecule has 0 saturated heterocycles. The lowest BCUT2D eigenvalue weighted by Crippen LogP contribution is -2.39. The second kappa shape index (κ2) is 8.36. The number of ether oxygens (including phenoxy) is 1. The molecule has 0 aliphatic rings. The Balaban J connectivity index is 2.94. The highest BCUT2D eigenvalue weighted by molar-refractivity contribution is 7.89. The van der Waals surface area contributed by atoms with Crippen molar-refractivity contribution in [1.29, 1.82) is 0 Å². The zero-order valence-corrected chi connectivity index (χ0v) is 14.1. The molecular weight excluding hydrogens is 288 g/mol. The molecule has 0 aromatic heterocycles. The third kappa shape index (κ3) is 4.98. The molecule has 0 fully saturated rings. The van der Waals surface area contributed by atoms with Gasteiger partial charge in [-0.2, -0.15) is 4.31 Å². The topological polar surface area (TPSA) is 58.6 Å². The molecule has 0 atom stereocenters. The van der Waals surface area contributed by atoms with Gasteiger partial charge in [0.2, 0.25) is 10.0 Å². The van der Waals surface area contributed by atoms with E-state index in [1.165, 1.54) is 4.31 Å². The van der Waals surface area contributed by atoms with Gasteiger partial charge in [0.15, 0.2) is 0 Å². The summed E-state index contributed by atoms with van der Waals surface area (Å²) >= 11 is 0. The van der Waals surface area contributed by atoms with E-state index in [0.29, 0.717) is 18.0 Å². The van der Waals surface area contributed by atoms with Crippen LogP contribution in [0.4, 0.5) is 5.69 Å². The number of hydrogen-bond acceptors (Lipinski definition) is 4. The molecule has 1 rings (SSSR count). The minimum absolute atomic E-state index is 0.108. The smallest absolute Gasteiger partial charge is 0.243 e. The first-order chi connectivity index (χ1) is 9.93. The molecule has 0 amide bonds. The van der Waals surface area contributed by atoms with E-state index in [0.717, 1.165) is 18.7 Å². The zero-order chi connectivity index (χ0) is 15.9. The Bertz CT molecular complexity index is 512. The first kappa shape index (κ1) is 17.9. The quantitative estimate of drug-likeness (QED) is 0.761. The molecule has 0 heterocycles. The summed E-state index contributed by atoms with van der Waals surface area (Å²) in [5.41, 5.74) is 0.934. The van der Waals surface area contributed by atoms with Crippen LogP contribution in [0.3, 0.4) is 0 Å². The number of nitrogens with zero attached hydrogens (tertiary/aromatic N) is 1. The first-order valence-corrected chi connectivity index (χ1v) is 8.72. The zero-order valence-electron chi connectivity index (χ0n) is 13.3.